The molecule has 1 heterocycles. The summed E-state index contributed by atoms with van der Waals surface area (Å²) in [5.74, 6) is -0.781. The van der Waals surface area contributed by atoms with Gasteiger partial charge in [0.25, 0.3) is 0 Å². The molecule has 0 amide bonds. The summed E-state index contributed by atoms with van der Waals surface area (Å²) in [6, 6.07) is 4.63. The zero-order chi connectivity index (χ0) is 14.0. The summed E-state index contributed by atoms with van der Waals surface area (Å²) in [6.07, 6.45) is 3.53. The van der Waals surface area contributed by atoms with Gasteiger partial charge in [0.15, 0.2) is 5.60 Å². The Morgan fingerprint density at radius 3 is 2.79 bits per heavy atom. The predicted molar refractivity (Wildman–Crippen MR) is 68.1 cm³/mol. The van der Waals surface area contributed by atoms with Gasteiger partial charge in [0.05, 0.1) is 5.56 Å². The van der Waals surface area contributed by atoms with Gasteiger partial charge in [0, 0.05) is 12.5 Å². The third-order valence-electron chi connectivity index (χ3n) is 2.78. The predicted octanol–water partition coefficient (Wildman–Crippen LogP) is 2.11. The number of carbonyl (C=O) groups is 2. The minimum absolute atomic E-state index is 0.110. The van der Waals surface area contributed by atoms with Gasteiger partial charge in [0.2, 0.25) is 0 Å². The van der Waals surface area contributed by atoms with Gasteiger partial charge in [-0.15, -0.1) is 0 Å². The van der Waals surface area contributed by atoms with E-state index in [1.165, 1.54) is 13.0 Å². The number of esters is 1. The van der Waals surface area contributed by atoms with Crippen molar-refractivity contribution in [1.82, 2.24) is 0 Å². The highest BCUT2D eigenvalue weighted by Crippen LogP contribution is 2.31. The molecule has 0 aromatic heterocycles. The molecular weight excluding hydrogens is 248 g/mol. The van der Waals surface area contributed by atoms with Crippen molar-refractivity contribution in [3.8, 4) is 5.75 Å². The summed E-state index contributed by atoms with van der Waals surface area (Å²) in [5.41, 5.74) is 0.166. The maximum Gasteiger partial charge on any atom is 0.335 e. The van der Waals surface area contributed by atoms with Gasteiger partial charge >= 0.3 is 11.9 Å². The summed E-state index contributed by atoms with van der Waals surface area (Å²) in [5, 5.41) is 8.91. The first-order chi connectivity index (χ1) is 8.89. The topological polar surface area (TPSA) is 72.8 Å². The number of ether oxygens (including phenoxy) is 2. The van der Waals surface area contributed by atoms with Gasteiger partial charge in [-0.05, 0) is 31.2 Å². The molecule has 5 nitrogen and oxygen atoms in total. The fourth-order valence-electron chi connectivity index (χ4n) is 1.78. The van der Waals surface area contributed by atoms with Crippen molar-refractivity contribution < 1.29 is 24.2 Å². The van der Waals surface area contributed by atoms with Crippen LogP contribution in [0.1, 0.15) is 29.8 Å². The molecule has 1 atom stereocenters. The highest BCUT2D eigenvalue weighted by atomic mass is 16.6. The quantitative estimate of drug-likeness (QED) is 0.844. The molecule has 0 radical (unpaired) electrons. The van der Waals surface area contributed by atoms with Crippen LogP contribution < -0.4 is 4.74 Å². The highest BCUT2D eigenvalue weighted by Gasteiger charge is 2.29. The molecule has 0 spiro atoms. The van der Waals surface area contributed by atoms with Crippen molar-refractivity contribution in [3.05, 3.63) is 35.4 Å². The van der Waals surface area contributed by atoms with Crippen LogP contribution in [0, 0.1) is 0 Å². The average molecular weight is 262 g/mol. The molecule has 0 saturated carbocycles. The lowest BCUT2D eigenvalue weighted by atomic mass is 10.00. The Balaban J connectivity index is 2.22. The van der Waals surface area contributed by atoms with E-state index in [9.17, 15) is 9.59 Å². The number of fused-ring (bicyclic) bond motifs is 1. The van der Waals surface area contributed by atoms with E-state index in [0.717, 1.165) is 0 Å². The van der Waals surface area contributed by atoms with Crippen molar-refractivity contribution in [2.75, 3.05) is 6.61 Å². The number of hydrogen-bond acceptors (Lipinski definition) is 4. The second-order valence-corrected chi connectivity index (χ2v) is 4.59. The largest absolute Gasteiger partial charge is 0.479 e. The van der Waals surface area contributed by atoms with Crippen LogP contribution in [-0.2, 0) is 9.53 Å². The minimum Gasteiger partial charge on any atom is -0.479 e. The number of hydrogen-bond donors (Lipinski definition) is 1. The van der Waals surface area contributed by atoms with Crippen LogP contribution in [0.5, 0.6) is 5.75 Å². The minimum atomic E-state index is -0.982. The smallest absolute Gasteiger partial charge is 0.335 e. The maximum atomic E-state index is 10.9. The maximum absolute atomic E-state index is 10.9. The number of carboxylic acids is 1. The molecule has 2 rings (SSSR count). The third-order valence-corrected chi connectivity index (χ3v) is 2.78. The molecule has 1 aliphatic rings. The third kappa shape index (κ3) is 2.93. The lowest BCUT2D eigenvalue weighted by Gasteiger charge is -2.31. The van der Waals surface area contributed by atoms with Crippen molar-refractivity contribution in [1.29, 1.82) is 0 Å². The van der Waals surface area contributed by atoms with Crippen LogP contribution in [0.2, 0.25) is 0 Å². The Morgan fingerprint density at radius 2 is 2.16 bits per heavy atom. The van der Waals surface area contributed by atoms with Gasteiger partial charge in [-0.25, -0.2) is 4.79 Å². The zero-order valence-electron chi connectivity index (χ0n) is 10.7. The van der Waals surface area contributed by atoms with Gasteiger partial charge in [0.1, 0.15) is 12.4 Å². The Labute approximate surface area is 110 Å². The normalized spacial score (nSPS) is 20.3. The van der Waals surface area contributed by atoms with Crippen LogP contribution >= 0.6 is 0 Å². The van der Waals surface area contributed by atoms with Crippen molar-refractivity contribution in [2.24, 2.45) is 0 Å². The fourth-order valence-corrected chi connectivity index (χ4v) is 1.78. The van der Waals surface area contributed by atoms with E-state index in [-0.39, 0.29) is 18.1 Å². The Bertz CT molecular complexity index is 561. The van der Waals surface area contributed by atoms with E-state index >= 15 is 0 Å². The van der Waals surface area contributed by atoms with Gasteiger partial charge in [-0.3, -0.25) is 4.79 Å². The van der Waals surface area contributed by atoms with Crippen LogP contribution in [0.4, 0.5) is 0 Å². The highest BCUT2D eigenvalue weighted by molar-refractivity contribution is 5.89. The lowest BCUT2D eigenvalue weighted by Crippen LogP contribution is -2.37. The zero-order valence-corrected chi connectivity index (χ0v) is 10.7. The van der Waals surface area contributed by atoms with E-state index in [1.807, 2.05) is 0 Å². The van der Waals surface area contributed by atoms with Crippen LogP contribution in [0.15, 0.2) is 24.3 Å². The van der Waals surface area contributed by atoms with Gasteiger partial charge in [-0.2, -0.15) is 0 Å². The van der Waals surface area contributed by atoms with Crippen LogP contribution in [0.3, 0.4) is 0 Å². The molecule has 0 fully saturated rings. The molecule has 1 aromatic carbocycles. The lowest BCUT2D eigenvalue weighted by molar-refractivity contribution is -0.145. The van der Waals surface area contributed by atoms with Gasteiger partial charge < -0.3 is 14.6 Å². The monoisotopic (exact) mass is 262 g/mol. The summed E-state index contributed by atoms with van der Waals surface area (Å²) in [4.78, 5) is 21.7. The van der Waals surface area contributed by atoms with E-state index in [4.69, 9.17) is 14.6 Å². The average Bonchev–Trinajstić information content (AvgIpc) is 2.36. The molecule has 19 heavy (non-hydrogen) atoms. The number of aromatic carboxylic acids is 1. The van der Waals surface area contributed by atoms with E-state index in [1.54, 1.807) is 31.2 Å². The number of benzene rings is 1. The summed E-state index contributed by atoms with van der Waals surface area (Å²) >= 11 is 0. The second kappa shape index (κ2) is 4.76. The SMILES string of the molecule is CC(=O)OC[C@]1(C)C=Cc2cc(C(=O)O)ccc2O1. The fraction of sp³-hybridized carbons (Fsp3) is 0.286. The summed E-state index contributed by atoms with van der Waals surface area (Å²) < 4.78 is 10.7. The first-order valence-electron chi connectivity index (χ1n) is 5.79. The molecular formula is C14H14O5. The Morgan fingerprint density at radius 1 is 1.42 bits per heavy atom. The molecule has 0 saturated heterocycles. The molecule has 0 unspecified atom stereocenters. The first kappa shape index (κ1) is 13.1. The molecule has 5 heteroatoms. The number of rotatable bonds is 3. The summed E-state index contributed by atoms with van der Waals surface area (Å²) in [7, 11) is 0. The van der Waals surface area contributed by atoms with Crippen LogP contribution in [-0.4, -0.2) is 29.3 Å². The molecule has 100 valence electrons. The molecule has 1 N–H and O–H groups in total. The standard InChI is InChI=1S/C14H14O5/c1-9(15)18-8-14(2)6-5-10-7-11(13(16)17)3-4-12(10)19-14/h3-7H,8H2,1-2H3,(H,16,17)/t14-/m0/s1. The molecule has 0 aliphatic carbocycles. The van der Waals surface area contributed by atoms with Crippen molar-refractivity contribution in [3.63, 3.8) is 0 Å². The molecule has 0 bridgehead atoms. The van der Waals surface area contributed by atoms with Gasteiger partial charge in [-0.1, -0.05) is 6.08 Å². The van der Waals surface area contributed by atoms with Crippen molar-refractivity contribution >= 4 is 18.0 Å². The molecule has 1 aliphatic heterocycles. The molecule has 1 aromatic rings. The second-order valence-electron chi connectivity index (χ2n) is 4.59. The van der Waals surface area contributed by atoms with E-state index in [0.29, 0.717) is 11.3 Å². The number of carboxylic acid groups (broad SMARTS) is 1. The van der Waals surface area contributed by atoms with E-state index < -0.39 is 11.6 Å². The number of carbonyl (C=O) groups excluding carboxylic acids is 1. The first-order valence-corrected chi connectivity index (χ1v) is 5.79. The Hall–Kier alpha value is -2.30. The van der Waals surface area contributed by atoms with E-state index in [2.05, 4.69) is 0 Å². The van der Waals surface area contributed by atoms with Crippen LogP contribution in [0.25, 0.3) is 6.08 Å². The van der Waals surface area contributed by atoms with Crippen molar-refractivity contribution in [2.45, 2.75) is 19.4 Å². The summed E-state index contributed by atoms with van der Waals surface area (Å²) in [6.45, 7) is 3.24. The Kier molecular flexibility index (Phi) is 3.29.